The molecule has 0 aliphatic rings. The molecular weight excluding hydrogens is 380 g/mol. The van der Waals surface area contributed by atoms with Crippen LogP contribution in [-0.4, -0.2) is 19.6 Å². The Balaban J connectivity index is 1.49. The van der Waals surface area contributed by atoms with Crippen molar-refractivity contribution < 1.29 is 19.0 Å². The van der Waals surface area contributed by atoms with E-state index in [9.17, 15) is 4.79 Å². The fourth-order valence-electron chi connectivity index (χ4n) is 2.70. The zero-order chi connectivity index (χ0) is 21.2. The number of methoxy groups -OCH3 is 1. The van der Waals surface area contributed by atoms with Crippen molar-refractivity contribution >= 4 is 5.91 Å². The van der Waals surface area contributed by atoms with E-state index < -0.39 is 0 Å². The molecule has 0 spiro atoms. The minimum Gasteiger partial charge on any atom is -0.493 e. The van der Waals surface area contributed by atoms with Crippen LogP contribution < -0.4 is 19.5 Å². The second-order valence-corrected chi connectivity index (χ2v) is 6.46. The number of nitrogens with one attached hydrogen (secondary N) is 1. The molecular formula is C24H22N2O4. The van der Waals surface area contributed by atoms with Crippen LogP contribution in [0.3, 0.4) is 0 Å². The lowest BCUT2D eigenvalue weighted by atomic mass is 10.2. The van der Waals surface area contributed by atoms with Crippen molar-refractivity contribution in [3.05, 3.63) is 89.5 Å². The minimum atomic E-state index is -0.247. The fraction of sp³-hybridized carbons (Fsp3) is 0.167. The van der Waals surface area contributed by atoms with E-state index in [1.807, 2.05) is 54.6 Å². The number of nitriles is 1. The van der Waals surface area contributed by atoms with Crippen LogP contribution in [0.15, 0.2) is 72.8 Å². The monoisotopic (exact) mass is 402 g/mol. The van der Waals surface area contributed by atoms with Crippen LogP contribution in [0.25, 0.3) is 0 Å². The maximum Gasteiger partial charge on any atom is 0.258 e. The van der Waals surface area contributed by atoms with E-state index >= 15 is 0 Å². The van der Waals surface area contributed by atoms with Gasteiger partial charge in [0.25, 0.3) is 5.91 Å². The van der Waals surface area contributed by atoms with E-state index in [2.05, 4.69) is 5.32 Å². The molecule has 0 heterocycles. The Kier molecular flexibility index (Phi) is 7.28. The first-order valence-electron chi connectivity index (χ1n) is 9.41. The van der Waals surface area contributed by atoms with Gasteiger partial charge in [-0.1, -0.05) is 36.4 Å². The molecule has 0 fully saturated rings. The maximum atomic E-state index is 12.0. The summed E-state index contributed by atoms with van der Waals surface area (Å²) in [4.78, 5) is 12.0. The third-order valence-electron chi connectivity index (χ3n) is 4.31. The molecule has 1 N–H and O–H groups in total. The Morgan fingerprint density at radius 1 is 0.933 bits per heavy atom. The van der Waals surface area contributed by atoms with Gasteiger partial charge in [-0.15, -0.1) is 0 Å². The molecule has 0 aromatic heterocycles. The quantitative estimate of drug-likeness (QED) is 0.588. The Labute approximate surface area is 175 Å². The molecule has 0 unspecified atom stereocenters. The van der Waals surface area contributed by atoms with Crippen LogP contribution in [0.2, 0.25) is 0 Å². The van der Waals surface area contributed by atoms with Crippen LogP contribution in [0.1, 0.15) is 16.7 Å². The standard InChI is InChI=1S/C24H22N2O4/c1-28-23-13-20(9-12-22(23)30-16-19-5-3-2-4-6-19)15-26-24(27)17-29-21-10-7-18(14-25)8-11-21/h2-13H,15-17H2,1H3,(H,26,27). The summed E-state index contributed by atoms with van der Waals surface area (Å²) in [6.07, 6.45) is 0. The summed E-state index contributed by atoms with van der Waals surface area (Å²) in [6, 6.07) is 24.1. The third-order valence-corrected chi connectivity index (χ3v) is 4.31. The molecule has 3 rings (SSSR count). The lowest BCUT2D eigenvalue weighted by Crippen LogP contribution is -2.28. The normalized spacial score (nSPS) is 10.0. The van der Waals surface area contributed by atoms with Gasteiger partial charge in [-0.05, 0) is 47.5 Å². The molecule has 0 radical (unpaired) electrons. The zero-order valence-corrected chi connectivity index (χ0v) is 16.6. The van der Waals surface area contributed by atoms with Crippen molar-refractivity contribution in [2.75, 3.05) is 13.7 Å². The van der Waals surface area contributed by atoms with Gasteiger partial charge in [-0.3, -0.25) is 4.79 Å². The number of amides is 1. The van der Waals surface area contributed by atoms with E-state index in [0.29, 0.717) is 36.0 Å². The number of hydrogen-bond acceptors (Lipinski definition) is 5. The predicted molar refractivity (Wildman–Crippen MR) is 112 cm³/mol. The van der Waals surface area contributed by atoms with Gasteiger partial charge in [0.2, 0.25) is 0 Å². The third kappa shape index (κ3) is 6.01. The highest BCUT2D eigenvalue weighted by atomic mass is 16.5. The van der Waals surface area contributed by atoms with Crippen molar-refractivity contribution in [1.82, 2.24) is 5.32 Å². The van der Waals surface area contributed by atoms with Gasteiger partial charge in [0.05, 0.1) is 18.7 Å². The van der Waals surface area contributed by atoms with Gasteiger partial charge in [0, 0.05) is 6.54 Å². The topological polar surface area (TPSA) is 80.6 Å². The Hall–Kier alpha value is -3.98. The number of carbonyl (C=O) groups is 1. The highest BCUT2D eigenvalue weighted by Crippen LogP contribution is 2.28. The number of benzene rings is 3. The Morgan fingerprint density at radius 3 is 2.40 bits per heavy atom. The zero-order valence-electron chi connectivity index (χ0n) is 16.6. The van der Waals surface area contributed by atoms with Gasteiger partial charge in [0.15, 0.2) is 18.1 Å². The van der Waals surface area contributed by atoms with E-state index in [-0.39, 0.29) is 12.5 Å². The van der Waals surface area contributed by atoms with E-state index in [4.69, 9.17) is 19.5 Å². The van der Waals surface area contributed by atoms with Crippen LogP contribution in [0, 0.1) is 11.3 Å². The Morgan fingerprint density at radius 2 is 1.70 bits per heavy atom. The van der Waals surface area contributed by atoms with E-state index in [0.717, 1.165) is 11.1 Å². The second kappa shape index (κ2) is 10.5. The summed E-state index contributed by atoms with van der Waals surface area (Å²) in [6.45, 7) is 0.673. The van der Waals surface area contributed by atoms with E-state index in [1.165, 1.54) is 0 Å². The van der Waals surface area contributed by atoms with Crippen molar-refractivity contribution in [2.24, 2.45) is 0 Å². The smallest absolute Gasteiger partial charge is 0.258 e. The molecule has 30 heavy (non-hydrogen) atoms. The number of carbonyl (C=O) groups excluding carboxylic acids is 1. The number of hydrogen-bond donors (Lipinski definition) is 1. The van der Waals surface area contributed by atoms with Gasteiger partial charge < -0.3 is 19.5 Å². The van der Waals surface area contributed by atoms with Gasteiger partial charge in [-0.25, -0.2) is 0 Å². The summed E-state index contributed by atoms with van der Waals surface area (Å²) >= 11 is 0. The highest BCUT2D eigenvalue weighted by molar-refractivity contribution is 5.77. The summed E-state index contributed by atoms with van der Waals surface area (Å²) in [5.74, 6) is 1.53. The van der Waals surface area contributed by atoms with Gasteiger partial charge >= 0.3 is 0 Å². The molecule has 6 nitrogen and oxygen atoms in total. The lowest BCUT2D eigenvalue weighted by molar-refractivity contribution is -0.123. The molecule has 0 bridgehead atoms. The molecule has 3 aromatic rings. The maximum absolute atomic E-state index is 12.0. The SMILES string of the molecule is COc1cc(CNC(=O)COc2ccc(C#N)cc2)ccc1OCc1ccccc1. The molecule has 0 aliphatic heterocycles. The summed E-state index contributed by atoms with van der Waals surface area (Å²) in [5, 5.41) is 11.6. The number of ether oxygens (including phenoxy) is 3. The first kappa shape index (κ1) is 20.7. The number of rotatable bonds is 9. The molecule has 1 amide bonds. The van der Waals surface area contributed by atoms with Crippen LogP contribution in [-0.2, 0) is 17.9 Å². The first-order valence-corrected chi connectivity index (χ1v) is 9.41. The minimum absolute atomic E-state index is 0.110. The van der Waals surface area contributed by atoms with E-state index in [1.54, 1.807) is 31.4 Å². The van der Waals surface area contributed by atoms with Crippen LogP contribution in [0.4, 0.5) is 0 Å². The molecule has 6 heteroatoms. The molecule has 3 aromatic carbocycles. The van der Waals surface area contributed by atoms with Gasteiger partial charge in [0.1, 0.15) is 12.4 Å². The van der Waals surface area contributed by atoms with Crippen LogP contribution in [0.5, 0.6) is 17.2 Å². The average Bonchev–Trinajstić information content (AvgIpc) is 2.81. The fourth-order valence-corrected chi connectivity index (χ4v) is 2.70. The van der Waals surface area contributed by atoms with Crippen LogP contribution >= 0.6 is 0 Å². The summed E-state index contributed by atoms with van der Waals surface area (Å²) in [5.41, 5.74) is 2.49. The molecule has 0 saturated carbocycles. The molecule has 152 valence electrons. The predicted octanol–water partition coefficient (Wildman–Crippen LogP) is 3.84. The highest BCUT2D eigenvalue weighted by Gasteiger charge is 2.08. The Bertz CT molecular complexity index is 1010. The first-order chi connectivity index (χ1) is 14.7. The summed E-state index contributed by atoms with van der Waals surface area (Å²) < 4.78 is 16.7. The average molecular weight is 402 g/mol. The lowest BCUT2D eigenvalue weighted by Gasteiger charge is -2.13. The van der Waals surface area contributed by atoms with Crippen molar-refractivity contribution in [2.45, 2.75) is 13.2 Å². The molecule has 0 atom stereocenters. The van der Waals surface area contributed by atoms with Crippen molar-refractivity contribution in [3.8, 4) is 23.3 Å². The molecule has 0 aliphatic carbocycles. The molecule has 0 saturated heterocycles. The largest absolute Gasteiger partial charge is 0.493 e. The van der Waals surface area contributed by atoms with Crippen molar-refractivity contribution in [1.29, 1.82) is 5.26 Å². The second-order valence-electron chi connectivity index (χ2n) is 6.46. The summed E-state index contributed by atoms with van der Waals surface area (Å²) in [7, 11) is 1.58. The van der Waals surface area contributed by atoms with Gasteiger partial charge in [-0.2, -0.15) is 5.26 Å². The number of nitrogens with zero attached hydrogens (tertiary/aromatic N) is 1. The van der Waals surface area contributed by atoms with Crippen molar-refractivity contribution in [3.63, 3.8) is 0 Å².